The van der Waals surface area contributed by atoms with Gasteiger partial charge >= 0.3 is 57.1 Å². The maximum atomic E-state index is 14.2. The molecule has 0 aromatic rings. The molecule has 0 bridgehead atoms. The summed E-state index contributed by atoms with van der Waals surface area (Å²) in [6.07, 6.45) is -16.8. The maximum absolute atomic E-state index is 14.2. The molecule has 184 valence electrons. The first-order chi connectivity index (χ1) is 13.2. The molecule has 0 saturated carbocycles. The van der Waals surface area contributed by atoms with Crippen molar-refractivity contribution in [3.8, 4) is 0 Å². The molecule has 1 unspecified atom stereocenters. The molecule has 1 atom stereocenters. The van der Waals surface area contributed by atoms with Crippen molar-refractivity contribution in [2.45, 2.75) is 55.3 Å². The second kappa shape index (κ2) is 9.17. The van der Waals surface area contributed by atoms with E-state index in [9.17, 15) is 65.9 Å². The molecule has 1 aliphatic rings. The summed E-state index contributed by atoms with van der Waals surface area (Å²) in [7, 11) is 0. The topological polar surface area (TPSA) is 0 Å². The molecule has 31 heavy (non-hydrogen) atoms. The molecule has 1 rings (SSSR count). The zero-order chi connectivity index (χ0) is 24.0. The van der Waals surface area contributed by atoms with Gasteiger partial charge in [0.15, 0.2) is 0 Å². The van der Waals surface area contributed by atoms with Crippen LogP contribution in [0.1, 0.15) is 19.3 Å². The number of alkyl halides is 15. The molecule has 0 spiro atoms. The van der Waals surface area contributed by atoms with Crippen LogP contribution in [-0.2, 0) is 21.1 Å². The van der Waals surface area contributed by atoms with Crippen molar-refractivity contribution in [2.24, 2.45) is 5.92 Å². The van der Waals surface area contributed by atoms with Gasteiger partial charge in [0, 0.05) is 5.57 Å². The van der Waals surface area contributed by atoms with E-state index in [0.717, 1.165) is 6.08 Å². The van der Waals surface area contributed by atoms with E-state index in [-0.39, 0.29) is 21.1 Å². The van der Waals surface area contributed by atoms with Crippen molar-refractivity contribution in [3.05, 3.63) is 23.3 Å². The fourth-order valence-corrected chi connectivity index (χ4v) is 2.77. The van der Waals surface area contributed by atoms with Crippen LogP contribution in [0.3, 0.4) is 0 Å². The molecule has 0 amide bonds. The number of hydrogen-bond acceptors (Lipinski definition) is 0. The number of halogens is 15. The van der Waals surface area contributed by atoms with E-state index in [4.69, 9.17) is 0 Å². The van der Waals surface area contributed by atoms with Crippen LogP contribution in [0.2, 0.25) is 0 Å². The smallest absolute Gasteiger partial charge is 0.246 e. The van der Waals surface area contributed by atoms with Gasteiger partial charge in [0.1, 0.15) is 6.67 Å². The van der Waals surface area contributed by atoms with Crippen molar-refractivity contribution in [3.63, 3.8) is 0 Å². The molecule has 1 aliphatic carbocycles. The summed E-state index contributed by atoms with van der Waals surface area (Å²) in [4.78, 5) is 0. The van der Waals surface area contributed by atoms with Gasteiger partial charge < -0.3 is 0 Å². The average Bonchev–Trinajstić information content (AvgIpc) is 2.51. The quantitative estimate of drug-likeness (QED) is 0.213. The second-order valence-corrected chi connectivity index (χ2v) is 6.29. The maximum Gasteiger partial charge on any atom is 2.00 e. The predicted molar refractivity (Wildman–Crippen MR) is 71.4 cm³/mol. The van der Waals surface area contributed by atoms with Gasteiger partial charge in [0.2, 0.25) is 0 Å². The van der Waals surface area contributed by atoms with Crippen molar-refractivity contribution < 1.29 is 86.9 Å². The molecule has 0 heterocycles. The molecule has 0 nitrogen and oxygen atoms in total. The Labute approximate surface area is 178 Å². The molecule has 0 N–H and O–H groups in total. The van der Waals surface area contributed by atoms with Crippen molar-refractivity contribution >= 4 is 0 Å². The van der Waals surface area contributed by atoms with Crippen LogP contribution in [0, 0.1) is 5.92 Å². The minimum atomic E-state index is -7.18. The summed E-state index contributed by atoms with van der Waals surface area (Å²) in [5.74, 6) is -31.9. The van der Waals surface area contributed by atoms with Crippen LogP contribution in [0.15, 0.2) is 23.3 Å². The number of rotatable bonds is 5. The Morgan fingerprint density at radius 1 is 0.710 bits per heavy atom. The first-order valence-electron chi connectivity index (χ1n) is 7.76. The first-order valence-corrected chi connectivity index (χ1v) is 7.76. The SMILES string of the molecule is FCC1=C(C(F)(F)C(F)(F)C(F)(F)F)C(C(F)(F)C(F)(F)C(F)(F)F)CC=CCC1.[Pt+2]. The van der Waals surface area contributed by atoms with Crippen LogP contribution >= 0.6 is 0 Å². The predicted octanol–water partition coefficient (Wildman–Crippen LogP) is 7.27. The Balaban J connectivity index is 0.00000900. The van der Waals surface area contributed by atoms with E-state index in [1.54, 1.807) is 0 Å². The molecule has 0 aromatic heterocycles. The summed E-state index contributed by atoms with van der Waals surface area (Å²) in [6.45, 7) is -2.36. The Bertz CT molecular complexity index is 684. The fraction of sp³-hybridized carbons (Fsp3) is 0.733. The number of allylic oxidation sites excluding steroid dienone is 4. The molecule has 0 radical (unpaired) electrons. The summed E-state index contributed by atoms with van der Waals surface area (Å²) in [5, 5.41) is 0. The van der Waals surface area contributed by atoms with Crippen LogP contribution < -0.4 is 0 Å². The van der Waals surface area contributed by atoms with E-state index in [1.807, 2.05) is 0 Å². The van der Waals surface area contributed by atoms with Crippen LogP contribution in [-0.4, -0.2) is 42.7 Å². The third-order valence-electron chi connectivity index (χ3n) is 4.34. The summed E-state index contributed by atoms with van der Waals surface area (Å²) in [5.41, 5.74) is -4.98. The fourth-order valence-electron chi connectivity index (χ4n) is 2.77. The van der Waals surface area contributed by atoms with E-state index in [2.05, 4.69) is 0 Å². The summed E-state index contributed by atoms with van der Waals surface area (Å²) < 4.78 is 198. The Kier molecular flexibility index (Phi) is 8.90. The zero-order valence-electron chi connectivity index (χ0n) is 14.5. The van der Waals surface area contributed by atoms with E-state index in [1.165, 1.54) is 0 Å². The molecule has 0 aliphatic heterocycles. The number of hydrogen-bond donors (Lipinski definition) is 0. The average molecular weight is 671 g/mol. The van der Waals surface area contributed by atoms with Gasteiger partial charge in [-0.1, -0.05) is 12.2 Å². The third kappa shape index (κ3) is 5.05. The molecule has 0 fully saturated rings. The Morgan fingerprint density at radius 3 is 1.55 bits per heavy atom. The molecule has 0 aromatic carbocycles. The van der Waals surface area contributed by atoms with Gasteiger partial charge in [0.05, 0.1) is 5.92 Å². The van der Waals surface area contributed by atoms with Gasteiger partial charge in [-0.25, -0.2) is 4.39 Å². The Hall–Kier alpha value is -0.882. The zero-order valence-corrected chi connectivity index (χ0v) is 16.8. The van der Waals surface area contributed by atoms with E-state index in [0.29, 0.717) is 6.08 Å². The minimum Gasteiger partial charge on any atom is -0.246 e. The van der Waals surface area contributed by atoms with Crippen molar-refractivity contribution in [2.75, 3.05) is 6.67 Å². The van der Waals surface area contributed by atoms with Crippen LogP contribution in [0.5, 0.6) is 0 Å². The van der Waals surface area contributed by atoms with E-state index >= 15 is 0 Å². The Morgan fingerprint density at radius 2 is 1.16 bits per heavy atom. The van der Waals surface area contributed by atoms with Crippen molar-refractivity contribution in [1.29, 1.82) is 0 Å². The normalized spacial score (nSPS) is 20.3. The van der Waals surface area contributed by atoms with Gasteiger partial charge in [-0.15, -0.1) is 0 Å². The molecular formula is C15H11F15Pt+2. The largest absolute Gasteiger partial charge is 2.00 e. The first kappa shape index (κ1) is 30.1. The van der Waals surface area contributed by atoms with Crippen molar-refractivity contribution in [1.82, 2.24) is 0 Å². The molecule has 0 saturated heterocycles. The summed E-state index contributed by atoms with van der Waals surface area (Å²) >= 11 is 0. The van der Waals surface area contributed by atoms with Gasteiger partial charge in [-0.2, -0.15) is 61.5 Å². The van der Waals surface area contributed by atoms with Crippen LogP contribution in [0.25, 0.3) is 0 Å². The van der Waals surface area contributed by atoms with Crippen LogP contribution in [0.4, 0.5) is 65.9 Å². The minimum absolute atomic E-state index is 0. The molecule has 16 heteroatoms. The monoisotopic (exact) mass is 671 g/mol. The van der Waals surface area contributed by atoms with Gasteiger partial charge in [-0.3, -0.25) is 0 Å². The standard InChI is InChI=1S/C15H11F15.Pt/c16-6-7-4-2-1-3-5-8(10(17,18)12(21,22)14(25,26)27)9(7)11(19,20)13(23,24)15(28,29)30;/h1,3,8H,2,4-6H2;/q;+2. The second-order valence-electron chi connectivity index (χ2n) is 6.29. The summed E-state index contributed by atoms with van der Waals surface area (Å²) in [6, 6.07) is 0. The molecular weight excluding hydrogens is 660 g/mol. The third-order valence-corrected chi connectivity index (χ3v) is 4.34. The van der Waals surface area contributed by atoms with E-state index < -0.39 is 79.0 Å². The van der Waals surface area contributed by atoms with Gasteiger partial charge in [0.25, 0.3) is 0 Å². The van der Waals surface area contributed by atoms with Gasteiger partial charge in [-0.05, 0) is 24.8 Å².